The smallest absolute Gasteiger partial charge is 0.187 e. The van der Waals surface area contributed by atoms with E-state index in [0.717, 1.165) is 24.3 Å². The highest BCUT2D eigenvalue weighted by molar-refractivity contribution is 7.80. The fourth-order valence-corrected chi connectivity index (χ4v) is 1.57. The molecule has 21 heavy (non-hydrogen) atoms. The maximum atomic E-state index is 5.66. The molecule has 1 aromatic carbocycles. The third-order valence-corrected chi connectivity index (χ3v) is 2.87. The number of ether oxygens (including phenoxy) is 1. The Balaban J connectivity index is 2.36. The van der Waals surface area contributed by atoms with Crippen molar-refractivity contribution in [2.75, 3.05) is 13.2 Å². The molecule has 0 saturated heterocycles. The van der Waals surface area contributed by atoms with Gasteiger partial charge >= 0.3 is 0 Å². The van der Waals surface area contributed by atoms with Gasteiger partial charge in [-0.05, 0) is 54.4 Å². The second-order valence-corrected chi connectivity index (χ2v) is 5.38. The van der Waals surface area contributed by atoms with E-state index in [2.05, 4.69) is 36.3 Å². The maximum Gasteiger partial charge on any atom is 0.187 e. The predicted octanol–water partition coefficient (Wildman–Crippen LogP) is 3.10. The van der Waals surface area contributed by atoms with Crippen LogP contribution in [0, 0.1) is 5.92 Å². The molecule has 0 aromatic heterocycles. The van der Waals surface area contributed by atoms with Crippen LogP contribution in [0.3, 0.4) is 0 Å². The lowest BCUT2D eigenvalue weighted by molar-refractivity contribution is 0.289. The van der Waals surface area contributed by atoms with E-state index < -0.39 is 0 Å². The highest BCUT2D eigenvalue weighted by atomic mass is 32.1. The summed E-state index contributed by atoms with van der Waals surface area (Å²) in [6, 6.07) is 7.79. The second kappa shape index (κ2) is 9.94. The molecule has 0 heterocycles. The van der Waals surface area contributed by atoms with Crippen molar-refractivity contribution >= 4 is 23.5 Å². The van der Waals surface area contributed by atoms with E-state index in [4.69, 9.17) is 17.0 Å². The van der Waals surface area contributed by atoms with Gasteiger partial charge in [-0.3, -0.25) is 5.43 Å². The van der Waals surface area contributed by atoms with Gasteiger partial charge in [0.1, 0.15) is 5.75 Å². The lowest BCUT2D eigenvalue weighted by Gasteiger charge is -2.08. The van der Waals surface area contributed by atoms with E-state index in [1.807, 2.05) is 24.3 Å². The first-order valence-electron chi connectivity index (χ1n) is 7.02. The lowest BCUT2D eigenvalue weighted by Crippen LogP contribution is -2.31. The maximum absolute atomic E-state index is 5.66. The van der Waals surface area contributed by atoms with Gasteiger partial charge in [-0.15, -0.1) is 6.58 Å². The molecule has 0 atom stereocenters. The summed E-state index contributed by atoms with van der Waals surface area (Å²) in [6.45, 7) is 9.33. The van der Waals surface area contributed by atoms with Crippen molar-refractivity contribution in [3.05, 3.63) is 42.5 Å². The molecule has 0 aliphatic carbocycles. The molecule has 0 amide bonds. The molecule has 0 spiro atoms. The van der Waals surface area contributed by atoms with Crippen molar-refractivity contribution in [3.63, 3.8) is 0 Å². The molecule has 0 fully saturated rings. The summed E-state index contributed by atoms with van der Waals surface area (Å²) < 4.78 is 5.66. The van der Waals surface area contributed by atoms with Crippen LogP contribution in [0.15, 0.2) is 42.0 Å². The second-order valence-electron chi connectivity index (χ2n) is 4.97. The molecule has 4 nitrogen and oxygen atoms in total. The third kappa shape index (κ3) is 8.09. The zero-order chi connectivity index (χ0) is 15.5. The summed E-state index contributed by atoms with van der Waals surface area (Å²) in [4.78, 5) is 0. The van der Waals surface area contributed by atoms with E-state index in [1.54, 1.807) is 12.3 Å². The minimum atomic E-state index is 0.472. The first-order valence-corrected chi connectivity index (χ1v) is 7.43. The van der Waals surface area contributed by atoms with Gasteiger partial charge in [0.05, 0.1) is 12.8 Å². The molecule has 5 heteroatoms. The fourth-order valence-electron chi connectivity index (χ4n) is 1.43. The minimum absolute atomic E-state index is 0.472. The number of hydrazone groups is 1. The van der Waals surface area contributed by atoms with Crippen LogP contribution < -0.4 is 15.5 Å². The Bertz CT molecular complexity index is 469. The van der Waals surface area contributed by atoms with E-state index in [9.17, 15) is 0 Å². The Morgan fingerprint density at radius 3 is 2.71 bits per heavy atom. The number of benzene rings is 1. The summed E-state index contributed by atoms with van der Waals surface area (Å²) in [7, 11) is 0. The Morgan fingerprint density at radius 2 is 2.10 bits per heavy atom. The fraction of sp³-hybridized carbons (Fsp3) is 0.375. The summed E-state index contributed by atoms with van der Waals surface area (Å²) >= 11 is 5.02. The summed E-state index contributed by atoms with van der Waals surface area (Å²) in [5.74, 6) is 1.53. The molecule has 0 aliphatic heterocycles. The zero-order valence-electron chi connectivity index (χ0n) is 12.6. The predicted molar refractivity (Wildman–Crippen MR) is 92.9 cm³/mol. The quantitative estimate of drug-likeness (QED) is 0.335. The Labute approximate surface area is 132 Å². The minimum Gasteiger partial charge on any atom is -0.494 e. The third-order valence-electron chi connectivity index (χ3n) is 2.63. The van der Waals surface area contributed by atoms with Gasteiger partial charge in [-0.25, -0.2) is 0 Å². The molecule has 1 rings (SSSR count). The number of hydrogen-bond acceptors (Lipinski definition) is 3. The van der Waals surface area contributed by atoms with Gasteiger partial charge in [0.2, 0.25) is 0 Å². The molecule has 0 saturated carbocycles. The van der Waals surface area contributed by atoms with Gasteiger partial charge in [0, 0.05) is 6.54 Å². The van der Waals surface area contributed by atoms with Gasteiger partial charge < -0.3 is 10.1 Å². The molecule has 0 bridgehead atoms. The lowest BCUT2D eigenvalue weighted by atomic mass is 10.1. The molecular weight excluding hydrogens is 282 g/mol. The zero-order valence-corrected chi connectivity index (χ0v) is 13.5. The van der Waals surface area contributed by atoms with Crippen molar-refractivity contribution in [2.45, 2.75) is 20.3 Å². The van der Waals surface area contributed by atoms with Crippen LogP contribution >= 0.6 is 12.2 Å². The number of nitrogens with zero attached hydrogens (tertiary/aromatic N) is 1. The van der Waals surface area contributed by atoms with E-state index >= 15 is 0 Å². The van der Waals surface area contributed by atoms with Crippen molar-refractivity contribution < 1.29 is 4.74 Å². The van der Waals surface area contributed by atoms with E-state index in [-0.39, 0.29) is 0 Å². The van der Waals surface area contributed by atoms with Crippen molar-refractivity contribution in [2.24, 2.45) is 11.0 Å². The average molecular weight is 305 g/mol. The standard InChI is InChI=1S/C16H23N3OS/c1-4-10-17-16(21)19-18-12-14-5-7-15(8-6-14)20-11-9-13(2)3/h4-8,12-13H,1,9-11H2,2-3H3,(H2,17,19,21)/b18-12-. The van der Waals surface area contributed by atoms with Crippen LogP contribution in [-0.4, -0.2) is 24.5 Å². The molecule has 0 unspecified atom stereocenters. The molecule has 0 aliphatic rings. The SMILES string of the molecule is C=CCNC(=S)N/N=C\c1ccc(OCCC(C)C)cc1. The molecule has 114 valence electrons. The van der Waals surface area contributed by atoms with Gasteiger partial charge in [0.25, 0.3) is 0 Å². The van der Waals surface area contributed by atoms with Crippen LogP contribution in [0.25, 0.3) is 0 Å². The van der Waals surface area contributed by atoms with Crippen LogP contribution in [0.5, 0.6) is 5.75 Å². The highest BCUT2D eigenvalue weighted by Gasteiger charge is 1.97. The van der Waals surface area contributed by atoms with Crippen molar-refractivity contribution in [3.8, 4) is 5.75 Å². The van der Waals surface area contributed by atoms with Crippen LogP contribution in [0.1, 0.15) is 25.8 Å². The number of nitrogens with one attached hydrogen (secondary N) is 2. The van der Waals surface area contributed by atoms with Crippen molar-refractivity contribution in [1.82, 2.24) is 10.7 Å². The Hall–Kier alpha value is -1.88. The van der Waals surface area contributed by atoms with Crippen molar-refractivity contribution in [1.29, 1.82) is 0 Å². The number of rotatable bonds is 8. The van der Waals surface area contributed by atoms with E-state index in [1.165, 1.54) is 0 Å². The van der Waals surface area contributed by atoms with Gasteiger partial charge in [-0.1, -0.05) is 19.9 Å². The summed E-state index contributed by atoms with van der Waals surface area (Å²) in [5, 5.41) is 7.46. The molecule has 2 N–H and O–H groups in total. The Kier molecular flexibility index (Phi) is 8.12. The van der Waals surface area contributed by atoms with Crippen LogP contribution in [0.2, 0.25) is 0 Å². The average Bonchev–Trinajstić information content (AvgIpc) is 2.46. The largest absolute Gasteiger partial charge is 0.494 e. The van der Waals surface area contributed by atoms with Crippen LogP contribution in [-0.2, 0) is 0 Å². The molecular formula is C16H23N3OS. The highest BCUT2D eigenvalue weighted by Crippen LogP contribution is 2.12. The van der Waals surface area contributed by atoms with Gasteiger partial charge in [-0.2, -0.15) is 5.10 Å². The van der Waals surface area contributed by atoms with Crippen LogP contribution in [0.4, 0.5) is 0 Å². The monoisotopic (exact) mass is 305 g/mol. The number of hydrogen-bond donors (Lipinski definition) is 2. The summed E-state index contributed by atoms with van der Waals surface area (Å²) in [6.07, 6.45) is 4.50. The topological polar surface area (TPSA) is 45.7 Å². The molecule has 1 aromatic rings. The molecule has 0 radical (unpaired) electrons. The first-order chi connectivity index (χ1) is 10.1. The Morgan fingerprint density at radius 1 is 1.38 bits per heavy atom. The number of thiocarbonyl (C=S) groups is 1. The normalized spacial score (nSPS) is 10.6. The van der Waals surface area contributed by atoms with Gasteiger partial charge in [0.15, 0.2) is 5.11 Å². The summed E-state index contributed by atoms with van der Waals surface area (Å²) in [5.41, 5.74) is 3.72. The first kappa shape index (κ1) is 17.2. The van der Waals surface area contributed by atoms with E-state index in [0.29, 0.717) is 17.6 Å².